The first-order valence-electron chi connectivity index (χ1n) is 6.13. The molecular weight excluding hydrogens is 256 g/mol. The van der Waals surface area contributed by atoms with Crippen LogP contribution < -0.4 is 10.5 Å². The highest BCUT2D eigenvalue weighted by Gasteiger charge is 2.15. The highest BCUT2D eigenvalue weighted by Crippen LogP contribution is 2.22. The third-order valence-electron chi connectivity index (χ3n) is 3.01. The van der Waals surface area contributed by atoms with Gasteiger partial charge in [-0.05, 0) is 29.8 Å². The number of nitrogens with one attached hydrogen (secondary N) is 1. The molecule has 1 atom stereocenters. The van der Waals surface area contributed by atoms with Gasteiger partial charge in [-0.1, -0.05) is 12.1 Å². The summed E-state index contributed by atoms with van der Waals surface area (Å²) < 4.78 is 10.4. The molecular formula is C14H14N4O2. The van der Waals surface area contributed by atoms with Crippen LogP contribution in [0.1, 0.15) is 17.4 Å². The number of nitrogens with two attached hydrogens (primary N) is 1. The summed E-state index contributed by atoms with van der Waals surface area (Å²) in [4.78, 5) is 4.35. The molecule has 6 heteroatoms. The normalized spacial score (nSPS) is 12.3. The van der Waals surface area contributed by atoms with E-state index in [1.165, 1.54) is 0 Å². The van der Waals surface area contributed by atoms with Gasteiger partial charge < -0.3 is 14.9 Å². The van der Waals surface area contributed by atoms with Crippen molar-refractivity contribution in [2.75, 3.05) is 7.11 Å². The Balaban J connectivity index is 1.84. The fourth-order valence-electron chi connectivity index (χ4n) is 1.90. The number of ether oxygens (including phenoxy) is 1. The van der Waals surface area contributed by atoms with Crippen LogP contribution in [-0.2, 0) is 0 Å². The van der Waals surface area contributed by atoms with Gasteiger partial charge in [0.15, 0.2) is 5.76 Å². The second kappa shape index (κ2) is 5.18. The molecule has 0 saturated carbocycles. The summed E-state index contributed by atoms with van der Waals surface area (Å²) in [7, 11) is 1.63. The summed E-state index contributed by atoms with van der Waals surface area (Å²) >= 11 is 0. The van der Waals surface area contributed by atoms with Crippen molar-refractivity contribution in [2.24, 2.45) is 5.73 Å². The highest BCUT2D eigenvalue weighted by molar-refractivity contribution is 5.45. The third-order valence-corrected chi connectivity index (χ3v) is 3.01. The Morgan fingerprint density at radius 2 is 2.05 bits per heavy atom. The number of nitrogens with zero attached hydrogens (tertiary/aromatic N) is 2. The summed E-state index contributed by atoms with van der Waals surface area (Å²) in [6, 6.07) is 10.7. The van der Waals surface area contributed by atoms with Gasteiger partial charge >= 0.3 is 0 Å². The zero-order valence-corrected chi connectivity index (χ0v) is 10.9. The van der Waals surface area contributed by atoms with Gasteiger partial charge in [-0.25, -0.2) is 4.98 Å². The molecule has 20 heavy (non-hydrogen) atoms. The number of aromatic amines is 1. The van der Waals surface area contributed by atoms with E-state index in [1.54, 1.807) is 25.5 Å². The first-order chi connectivity index (χ1) is 9.78. The topological polar surface area (TPSA) is 90.0 Å². The molecule has 3 N–H and O–H groups in total. The molecule has 0 spiro atoms. The van der Waals surface area contributed by atoms with Crippen molar-refractivity contribution in [1.29, 1.82) is 0 Å². The van der Waals surface area contributed by atoms with E-state index in [2.05, 4.69) is 15.2 Å². The molecule has 0 fully saturated rings. The van der Waals surface area contributed by atoms with Gasteiger partial charge in [0.25, 0.3) is 0 Å². The number of hydrogen-bond donors (Lipinski definition) is 2. The average molecular weight is 270 g/mol. The van der Waals surface area contributed by atoms with E-state index in [0.717, 1.165) is 11.3 Å². The SMILES string of the molecule is COc1ccc([C@H](N)c2nc(-c3ccco3)n[nH]2)cc1. The fraction of sp³-hybridized carbons (Fsp3) is 0.143. The molecule has 0 aliphatic rings. The van der Waals surface area contributed by atoms with Crippen molar-refractivity contribution in [3.63, 3.8) is 0 Å². The van der Waals surface area contributed by atoms with Crippen LogP contribution in [0.5, 0.6) is 5.75 Å². The Hall–Kier alpha value is -2.60. The summed E-state index contributed by atoms with van der Waals surface area (Å²) in [5, 5.41) is 6.95. The molecule has 0 unspecified atom stereocenters. The molecule has 3 rings (SSSR count). The van der Waals surface area contributed by atoms with E-state index in [4.69, 9.17) is 14.9 Å². The predicted octanol–water partition coefficient (Wildman–Crippen LogP) is 2.12. The Morgan fingerprint density at radius 3 is 2.70 bits per heavy atom. The van der Waals surface area contributed by atoms with Crippen LogP contribution >= 0.6 is 0 Å². The van der Waals surface area contributed by atoms with Crippen molar-refractivity contribution in [3.8, 4) is 17.3 Å². The van der Waals surface area contributed by atoms with Crippen LogP contribution in [-0.4, -0.2) is 22.3 Å². The minimum atomic E-state index is -0.378. The van der Waals surface area contributed by atoms with E-state index in [1.807, 2.05) is 24.3 Å². The van der Waals surface area contributed by atoms with Gasteiger partial charge in [-0.2, -0.15) is 0 Å². The molecule has 2 heterocycles. The molecule has 1 aromatic carbocycles. The summed E-state index contributed by atoms with van der Waals surface area (Å²) in [6.45, 7) is 0. The smallest absolute Gasteiger partial charge is 0.216 e. The second-order valence-corrected chi connectivity index (χ2v) is 4.27. The Labute approximate surface area is 115 Å². The van der Waals surface area contributed by atoms with E-state index in [-0.39, 0.29) is 6.04 Å². The van der Waals surface area contributed by atoms with Gasteiger partial charge in [-0.3, -0.25) is 5.10 Å². The third kappa shape index (κ3) is 2.28. The van der Waals surface area contributed by atoms with Gasteiger partial charge in [-0.15, -0.1) is 5.10 Å². The maximum Gasteiger partial charge on any atom is 0.216 e. The first kappa shape index (κ1) is 12.4. The Kier molecular flexibility index (Phi) is 3.22. The molecule has 102 valence electrons. The van der Waals surface area contributed by atoms with E-state index in [0.29, 0.717) is 17.4 Å². The van der Waals surface area contributed by atoms with Crippen LogP contribution in [0.15, 0.2) is 47.1 Å². The van der Waals surface area contributed by atoms with Crippen molar-refractivity contribution in [2.45, 2.75) is 6.04 Å². The molecule has 2 aromatic heterocycles. The number of benzene rings is 1. The molecule has 0 amide bonds. The number of methoxy groups -OCH3 is 1. The van der Waals surface area contributed by atoms with Crippen LogP contribution in [0.3, 0.4) is 0 Å². The van der Waals surface area contributed by atoms with Crippen LogP contribution in [0.4, 0.5) is 0 Å². The van der Waals surface area contributed by atoms with E-state index < -0.39 is 0 Å². The molecule has 3 aromatic rings. The lowest BCUT2D eigenvalue weighted by molar-refractivity contribution is 0.414. The molecule has 0 saturated heterocycles. The van der Waals surface area contributed by atoms with Crippen LogP contribution in [0, 0.1) is 0 Å². The van der Waals surface area contributed by atoms with Crippen molar-refractivity contribution in [1.82, 2.24) is 15.2 Å². The molecule has 0 aliphatic carbocycles. The summed E-state index contributed by atoms with van der Waals surface area (Å²) in [5.74, 6) is 2.47. The number of aromatic nitrogens is 3. The van der Waals surface area contributed by atoms with Gasteiger partial charge in [0.1, 0.15) is 11.6 Å². The monoisotopic (exact) mass is 270 g/mol. The van der Waals surface area contributed by atoms with Gasteiger partial charge in [0.05, 0.1) is 19.4 Å². The van der Waals surface area contributed by atoms with Crippen LogP contribution in [0.2, 0.25) is 0 Å². The van der Waals surface area contributed by atoms with Gasteiger partial charge in [0.2, 0.25) is 5.82 Å². The van der Waals surface area contributed by atoms with Crippen molar-refractivity contribution < 1.29 is 9.15 Å². The number of furan rings is 1. The minimum absolute atomic E-state index is 0.378. The minimum Gasteiger partial charge on any atom is -0.497 e. The Morgan fingerprint density at radius 1 is 1.25 bits per heavy atom. The largest absolute Gasteiger partial charge is 0.497 e. The average Bonchev–Trinajstić information content (AvgIpc) is 3.17. The quantitative estimate of drug-likeness (QED) is 0.757. The number of H-pyrrole nitrogens is 1. The summed E-state index contributed by atoms with van der Waals surface area (Å²) in [6.07, 6.45) is 1.58. The number of rotatable bonds is 4. The molecule has 0 radical (unpaired) electrons. The fourth-order valence-corrected chi connectivity index (χ4v) is 1.90. The first-order valence-corrected chi connectivity index (χ1v) is 6.13. The molecule has 6 nitrogen and oxygen atoms in total. The van der Waals surface area contributed by atoms with E-state index in [9.17, 15) is 0 Å². The van der Waals surface area contributed by atoms with Gasteiger partial charge in [0, 0.05) is 0 Å². The van der Waals surface area contributed by atoms with Crippen LogP contribution in [0.25, 0.3) is 11.6 Å². The lowest BCUT2D eigenvalue weighted by Gasteiger charge is -2.09. The second-order valence-electron chi connectivity index (χ2n) is 4.27. The predicted molar refractivity (Wildman–Crippen MR) is 73.1 cm³/mol. The maximum absolute atomic E-state index is 6.17. The number of hydrogen-bond acceptors (Lipinski definition) is 5. The highest BCUT2D eigenvalue weighted by atomic mass is 16.5. The maximum atomic E-state index is 6.17. The molecule has 0 bridgehead atoms. The standard InChI is InChI=1S/C14H14N4O2/c1-19-10-6-4-9(5-7-10)12(15)14-16-13(17-18-14)11-3-2-8-20-11/h2-8,12H,15H2,1H3,(H,16,17,18)/t12-/m0/s1. The van der Waals surface area contributed by atoms with Crippen molar-refractivity contribution in [3.05, 3.63) is 54.0 Å². The zero-order valence-electron chi connectivity index (χ0n) is 10.9. The summed E-state index contributed by atoms with van der Waals surface area (Å²) in [5.41, 5.74) is 7.09. The van der Waals surface area contributed by atoms with E-state index >= 15 is 0 Å². The zero-order chi connectivity index (χ0) is 13.9. The Bertz CT molecular complexity index is 674. The van der Waals surface area contributed by atoms with Crippen molar-refractivity contribution >= 4 is 0 Å². The lowest BCUT2D eigenvalue weighted by atomic mass is 10.1. The lowest BCUT2D eigenvalue weighted by Crippen LogP contribution is -2.13. The molecule has 0 aliphatic heterocycles.